The van der Waals surface area contributed by atoms with Crippen molar-refractivity contribution in [2.75, 3.05) is 6.61 Å². The first kappa shape index (κ1) is 7.94. The van der Waals surface area contributed by atoms with Gasteiger partial charge in [0, 0.05) is 18.9 Å². The molecule has 4 atom stereocenters. The van der Waals surface area contributed by atoms with Crippen LogP contribution in [0.3, 0.4) is 0 Å². The molecule has 0 bridgehead atoms. The number of quaternary nitrogens is 1. The van der Waals surface area contributed by atoms with Gasteiger partial charge < -0.3 is 21.1 Å². The van der Waals surface area contributed by atoms with E-state index in [1.54, 1.807) is 0 Å². The normalized spacial score (nSPS) is 48.0. The number of hydrogen-bond donors (Lipinski definition) is 4. The molecule has 0 spiro atoms. The van der Waals surface area contributed by atoms with Crippen LogP contribution in [-0.2, 0) is 0 Å². The minimum absolute atomic E-state index is 0.0652. The Hall–Kier alpha value is -0.160. The molecule has 0 aromatic rings. The molecule has 0 saturated heterocycles. The second kappa shape index (κ2) is 2.84. The topological polar surface area (TPSA) is 88.3 Å². The van der Waals surface area contributed by atoms with Gasteiger partial charge in [-0.1, -0.05) is 0 Å². The average Bonchev–Trinajstić information content (AvgIpc) is 2.17. The van der Waals surface area contributed by atoms with E-state index in [4.69, 9.17) is 10.2 Å². The Balaban J connectivity index is 2.53. The second-order valence-electron chi connectivity index (χ2n) is 2.92. The summed E-state index contributed by atoms with van der Waals surface area (Å²) in [6, 6.07) is -0.132. The summed E-state index contributed by atoms with van der Waals surface area (Å²) in [7, 11) is 0. The van der Waals surface area contributed by atoms with Crippen LogP contribution in [0.2, 0.25) is 0 Å². The molecule has 0 heterocycles. The van der Waals surface area contributed by atoms with Gasteiger partial charge in [0.1, 0.15) is 12.1 Å². The maximum atomic E-state index is 9.18. The van der Waals surface area contributed by atoms with Gasteiger partial charge in [0.15, 0.2) is 0 Å². The highest BCUT2D eigenvalue weighted by molar-refractivity contribution is 4.89. The third-order valence-corrected chi connectivity index (χ3v) is 2.16. The lowest BCUT2D eigenvalue weighted by Crippen LogP contribution is -2.65. The van der Waals surface area contributed by atoms with Gasteiger partial charge >= 0.3 is 0 Å². The molecule has 4 nitrogen and oxygen atoms in total. The molecule has 0 unspecified atom stereocenters. The Morgan fingerprint density at radius 3 is 2.10 bits per heavy atom. The van der Waals surface area contributed by atoms with E-state index < -0.39 is 12.2 Å². The summed E-state index contributed by atoms with van der Waals surface area (Å²) < 4.78 is 0. The third kappa shape index (κ3) is 1.15. The van der Waals surface area contributed by atoms with E-state index in [0.717, 1.165) is 0 Å². The Morgan fingerprint density at radius 2 is 1.90 bits per heavy atom. The monoisotopic (exact) mass is 148 g/mol. The van der Waals surface area contributed by atoms with Gasteiger partial charge in [0.25, 0.3) is 0 Å². The van der Waals surface area contributed by atoms with Gasteiger partial charge in [-0.2, -0.15) is 0 Å². The summed E-state index contributed by atoms with van der Waals surface area (Å²) in [5.41, 5.74) is 3.65. The highest BCUT2D eigenvalue weighted by Crippen LogP contribution is 2.23. The summed E-state index contributed by atoms with van der Waals surface area (Å²) in [4.78, 5) is 0. The van der Waals surface area contributed by atoms with Crippen LogP contribution in [0.15, 0.2) is 0 Å². The van der Waals surface area contributed by atoms with Crippen molar-refractivity contribution in [3.05, 3.63) is 0 Å². The van der Waals surface area contributed by atoms with Gasteiger partial charge in [-0.15, -0.1) is 0 Å². The molecule has 1 fully saturated rings. The highest BCUT2D eigenvalue weighted by atomic mass is 16.3. The van der Waals surface area contributed by atoms with E-state index >= 15 is 0 Å². The Labute approximate surface area is 59.3 Å². The summed E-state index contributed by atoms with van der Waals surface area (Å²) in [6.07, 6.45) is -0.927. The molecule has 4 heteroatoms. The lowest BCUT2D eigenvalue weighted by molar-refractivity contribution is -0.434. The van der Waals surface area contributed by atoms with Crippen LogP contribution in [0.5, 0.6) is 0 Å². The van der Waals surface area contributed by atoms with Gasteiger partial charge in [-0.05, 0) is 0 Å². The van der Waals surface area contributed by atoms with E-state index in [-0.39, 0.29) is 18.6 Å². The first-order valence-corrected chi connectivity index (χ1v) is 3.47. The first-order valence-electron chi connectivity index (χ1n) is 3.47. The van der Waals surface area contributed by atoms with Crippen molar-refractivity contribution in [3.8, 4) is 0 Å². The molecular formula is C6H14NO3+. The van der Waals surface area contributed by atoms with Crippen LogP contribution in [0.25, 0.3) is 0 Å². The minimum atomic E-state index is -0.785. The zero-order valence-electron chi connectivity index (χ0n) is 5.77. The predicted molar refractivity (Wildman–Crippen MR) is 33.9 cm³/mol. The Bertz CT molecular complexity index is 120. The van der Waals surface area contributed by atoms with Crippen molar-refractivity contribution in [2.45, 2.75) is 24.7 Å². The van der Waals surface area contributed by atoms with Gasteiger partial charge in [-0.3, -0.25) is 0 Å². The Kier molecular flexibility index (Phi) is 2.25. The predicted octanol–water partition coefficient (Wildman–Crippen LogP) is -2.67. The zero-order valence-corrected chi connectivity index (χ0v) is 5.77. The molecule has 0 aromatic heterocycles. The quantitative estimate of drug-likeness (QED) is 0.327. The second-order valence-corrected chi connectivity index (χ2v) is 2.92. The van der Waals surface area contributed by atoms with Crippen molar-refractivity contribution >= 4 is 0 Å². The van der Waals surface area contributed by atoms with E-state index in [2.05, 4.69) is 5.73 Å². The summed E-state index contributed by atoms with van der Waals surface area (Å²) >= 11 is 0. The smallest absolute Gasteiger partial charge is 0.132 e. The highest BCUT2D eigenvalue weighted by Gasteiger charge is 2.41. The fourth-order valence-corrected chi connectivity index (χ4v) is 1.41. The molecule has 1 saturated carbocycles. The van der Waals surface area contributed by atoms with Crippen LogP contribution < -0.4 is 5.73 Å². The van der Waals surface area contributed by atoms with E-state index in [9.17, 15) is 5.11 Å². The molecule has 0 radical (unpaired) electrons. The third-order valence-electron chi connectivity index (χ3n) is 2.16. The van der Waals surface area contributed by atoms with Gasteiger partial charge in [0.05, 0.1) is 6.10 Å². The molecule has 0 aromatic carbocycles. The standard InChI is InChI=1S/C6H13NO3/c7-4-1-3(2-8)5(9)6(4)10/h3-6,8-10H,1-2,7H2/p+1/t3-,4-,5-,6+/m1/s1. The molecule has 1 aliphatic carbocycles. The van der Waals surface area contributed by atoms with Crippen LogP contribution in [0, 0.1) is 5.92 Å². The van der Waals surface area contributed by atoms with Crippen molar-refractivity contribution in [1.82, 2.24) is 0 Å². The summed E-state index contributed by atoms with van der Waals surface area (Å²) in [6.45, 7) is -0.0652. The number of aliphatic hydroxyl groups excluding tert-OH is 3. The average molecular weight is 148 g/mol. The summed E-state index contributed by atoms with van der Waals surface area (Å²) in [5, 5.41) is 27.0. The molecule has 0 amide bonds. The van der Waals surface area contributed by atoms with Crippen LogP contribution in [0.1, 0.15) is 6.42 Å². The SMILES string of the molecule is [NH3+][C@@H]1C[C@H](CO)[C@@H](O)[C@H]1O. The molecule has 60 valence electrons. The zero-order chi connectivity index (χ0) is 7.72. The fourth-order valence-electron chi connectivity index (χ4n) is 1.41. The number of aliphatic hydroxyl groups is 3. The molecule has 10 heavy (non-hydrogen) atoms. The largest absolute Gasteiger partial charge is 0.396 e. The summed E-state index contributed by atoms with van der Waals surface area (Å²) in [5.74, 6) is -0.183. The van der Waals surface area contributed by atoms with Crippen molar-refractivity contribution in [1.29, 1.82) is 0 Å². The number of hydrogen-bond acceptors (Lipinski definition) is 3. The van der Waals surface area contributed by atoms with Crippen molar-refractivity contribution in [3.63, 3.8) is 0 Å². The Morgan fingerprint density at radius 1 is 1.30 bits per heavy atom. The molecule has 1 rings (SSSR count). The van der Waals surface area contributed by atoms with Crippen molar-refractivity contribution in [2.24, 2.45) is 5.92 Å². The minimum Gasteiger partial charge on any atom is -0.396 e. The maximum absolute atomic E-state index is 9.18. The van der Waals surface area contributed by atoms with E-state index in [1.165, 1.54) is 0 Å². The van der Waals surface area contributed by atoms with Gasteiger partial charge in [0.2, 0.25) is 0 Å². The van der Waals surface area contributed by atoms with E-state index in [0.29, 0.717) is 6.42 Å². The lowest BCUT2D eigenvalue weighted by Gasteiger charge is -2.11. The fraction of sp³-hybridized carbons (Fsp3) is 1.00. The maximum Gasteiger partial charge on any atom is 0.132 e. The first-order chi connectivity index (χ1) is 4.66. The van der Waals surface area contributed by atoms with E-state index in [1.807, 2.05) is 0 Å². The van der Waals surface area contributed by atoms with Crippen LogP contribution in [0.4, 0.5) is 0 Å². The number of rotatable bonds is 1. The molecule has 1 aliphatic rings. The van der Waals surface area contributed by atoms with Crippen LogP contribution >= 0.6 is 0 Å². The van der Waals surface area contributed by atoms with Gasteiger partial charge in [-0.25, -0.2) is 0 Å². The molecular weight excluding hydrogens is 134 g/mol. The lowest BCUT2D eigenvalue weighted by atomic mass is 10.1. The molecule has 0 aliphatic heterocycles. The molecule has 6 N–H and O–H groups in total. The van der Waals surface area contributed by atoms with Crippen molar-refractivity contribution < 1.29 is 21.1 Å². The van der Waals surface area contributed by atoms with Crippen LogP contribution in [-0.4, -0.2) is 40.2 Å².